The van der Waals surface area contributed by atoms with Crippen molar-refractivity contribution in [3.8, 4) is 0 Å². The molecule has 2 aliphatic rings. The number of likely N-dealkylation sites (N-methyl/N-ethyl adjacent to an activating group) is 1. The minimum absolute atomic E-state index is 0.651. The summed E-state index contributed by atoms with van der Waals surface area (Å²) in [5.74, 6) is 2.63. The molecule has 0 heterocycles. The maximum absolute atomic E-state index is 5.39. The fraction of sp³-hybridized carbons (Fsp3) is 1.00. The van der Waals surface area contributed by atoms with Crippen LogP contribution in [-0.2, 0) is 4.74 Å². The van der Waals surface area contributed by atoms with Gasteiger partial charge in [-0.3, -0.25) is 4.90 Å². The van der Waals surface area contributed by atoms with Crippen LogP contribution >= 0.6 is 0 Å². The third kappa shape index (κ3) is 4.43. The highest BCUT2D eigenvalue weighted by Gasteiger charge is 2.40. The van der Waals surface area contributed by atoms with E-state index in [4.69, 9.17) is 4.74 Å². The molecule has 0 aromatic carbocycles. The molecule has 124 valence electrons. The zero-order valence-corrected chi connectivity index (χ0v) is 14.8. The fourth-order valence-corrected chi connectivity index (χ4v) is 4.20. The molecule has 2 rings (SSSR count). The topological polar surface area (TPSA) is 24.5 Å². The molecule has 4 unspecified atom stereocenters. The molecule has 2 aliphatic carbocycles. The van der Waals surface area contributed by atoms with Crippen molar-refractivity contribution in [2.45, 2.75) is 71.0 Å². The van der Waals surface area contributed by atoms with Crippen LogP contribution in [0.25, 0.3) is 0 Å². The Morgan fingerprint density at radius 1 is 1.10 bits per heavy atom. The van der Waals surface area contributed by atoms with Crippen molar-refractivity contribution >= 4 is 0 Å². The van der Waals surface area contributed by atoms with Gasteiger partial charge in [-0.1, -0.05) is 13.8 Å². The van der Waals surface area contributed by atoms with E-state index in [9.17, 15) is 0 Å². The molecule has 4 atom stereocenters. The Kier molecular flexibility index (Phi) is 6.51. The molecule has 2 fully saturated rings. The molecule has 0 aromatic heterocycles. The summed E-state index contributed by atoms with van der Waals surface area (Å²) in [5.41, 5.74) is 0. The lowest BCUT2D eigenvalue weighted by Gasteiger charge is -2.46. The van der Waals surface area contributed by atoms with Gasteiger partial charge in [0, 0.05) is 31.8 Å². The highest BCUT2D eigenvalue weighted by Crippen LogP contribution is 2.39. The van der Waals surface area contributed by atoms with Crippen LogP contribution in [0.2, 0.25) is 0 Å². The van der Waals surface area contributed by atoms with E-state index in [-0.39, 0.29) is 0 Å². The van der Waals surface area contributed by atoms with E-state index in [2.05, 4.69) is 38.0 Å². The summed E-state index contributed by atoms with van der Waals surface area (Å²) in [4.78, 5) is 2.77. The van der Waals surface area contributed by atoms with Gasteiger partial charge < -0.3 is 10.1 Å². The van der Waals surface area contributed by atoms with Gasteiger partial charge in [0.05, 0.1) is 6.61 Å². The Morgan fingerprint density at radius 2 is 1.76 bits per heavy atom. The van der Waals surface area contributed by atoms with Gasteiger partial charge in [-0.05, 0) is 63.8 Å². The SMILES string of the molecule is CNC1CCC(C(C)C)CC1N(CCOC)C(C)C1CC1. The lowest BCUT2D eigenvalue weighted by Crippen LogP contribution is -2.56. The van der Waals surface area contributed by atoms with E-state index >= 15 is 0 Å². The van der Waals surface area contributed by atoms with Crippen LogP contribution in [-0.4, -0.2) is 50.3 Å². The summed E-state index contributed by atoms with van der Waals surface area (Å²) in [5, 5.41) is 3.60. The quantitative estimate of drug-likeness (QED) is 0.745. The van der Waals surface area contributed by atoms with Gasteiger partial charge in [-0.25, -0.2) is 0 Å². The zero-order chi connectivity index (χ0) is 15.4. The third-order valence-corrected chi connectivity index (χ3v) is 5.98. The van der Waals surface area contributed by atoms with Gasteiger partial charge in [0.2, 0.25) is 0 Å². The normalized spacial score (nSPS) is 31.9. The van der Waals surface area contributed by atoms with Crippen molar-refractivity contribution in [3.63, 3.8) is 0 Å². The first-order chi connectivity index (χ1) is 10.1. The molecular weight excluding hydrogens is 260 g/mol. The van der Waals surface area contributed by atoms with Gasteiger partial charge >= 0.3 is 0 Å². The first kappa shape index (κ1) is 17.2. The predicted octanol–water partition coefficient (Wildman–Crippen LogP) is 3.15. The number of hydrogen-bond acceptors (Lipinski definition) is 3. The van der Waals surface area contributed by atoms with Crippen molar-refractivity contribution in [2.24, 2.45) is 17.8 Å². The van der Waals surface area contributed by atoms with Crippen molar-refractivity contribution in [1.29, 1.82) is 0 Å². The molecule has 0 aromatic rings. The van der Waals surface area contributed by atoms with Crippen LogP contribution < -0.4 is 5.32 Å². The van der Waals surface area contributed by atoms with Crippen LogP contribution in [0, 0.1) is 17.8 Å². The average Bonchev–Trinajstić information content (AvgIpc) is 3.31. The molecule has 0 saturated heterocycles. The first-order valence-electron chi connectivity index (χ1n) is 9.00. The van der Waals surface area contributed by atoms with Crippen molar-refractivity contribution in [3.05, 3.63) is 0 Å². The summed E-state index contributed by atoms with van der Waals surface area (Å²) < 4.78 is 5.39. The Morgan fingerprint density at radius 3 is 2.29 bits per heavy atom. The highest BCUT2D eigenvalue weighted by atomic mass is 16.5. The number of nitrogens with zero attached hydrogens (tertiary/aromatic N) is 1. The Labute approximate surface area is 131 Å². The lowest BCUT2D eigenvalue weighted by molar-refractivity contribution is 0.0297. The maximum Gasteiger partial charge on any atom is 0.0589 e. The van der Waals surface area contributed by atoms with Gasteiger partial charge in [-0.15, -0.1) is 0 Å². The average molecular weight is 296 g/mol. The van der Waals surface area contributed by atoms with Gasteiger partial charge in [0.25, 0.3) is 0 Å². The van der Waals surface area contributed by atoms with E-state index in [1.807, 2.05) is 7.11 Å². The van der Waals surface area contributed by atoms with Crippen LogP contribution in [0.1, 0.15) is 52.9 Å². The van der Waals surface area contributed by atoms with Crippen LogP contribution in [0.15, 0.2) is 0 Å². The molecule has 0 aliphatic heterocycles. The maximum atomic E-state index is 5.39. The monoisotopic (exact) mass is 296 g/mol. The summed E-state index contributed by atoms with van der Waals surface area (Å²) in [7, 11) is 3.97. The zero-order valence-electron chi connectivity index (χ0n) is 14.8. The fourth-order valence-electron chi connectivity index (χ4n) is 4.20. The molecule has 0 spiro atoms. The van der Waals surface area contributed by atoms with Crippen molar-refractivity contribution in [2.75, 3.05) is 27.3 Å². The predicted molar refractivity (Wildman–Crippen MR) is 89.6 cm³/mol. The largest absolute Gasteiger partial charge is 0.383 e. The third-order valence-electron chi connectivity index (χ3n) is 5.98. The van der Waals surface area contributed by atoms with Crippen molar-refractivity contribution < 1.29 is 4.74 Å². The van der Waals surface area contributed by atoms with Gasteiger partial charge in [0.15, 0.2) is 0 Å². The number of nitrogens with one attached hydrogen (secondary N) is 1. The van der Waals surface area contributed by atoms with Crippen LogP contribution in [0.4, 0.5) is 0 Å². The Bertz CT molecular complexity index is 304. The van der Waals surface area contributed by atoms with Gasteiger partial charge in [-0.2, -0.15) is 0 Å². The first-order valence-corrected chi connectivity index (χ1v) is 9.00. The molecule has 0 radical (unpaired) electrons. The molecule has 2 saturated carbocycles. The molecular formula is C18H36N2O. The molecule has 0 bridgehead atoms. The molecule has 3 nitrogen and oxygen atoms in total. The van der Waals surface area contributed by atoms with E-state index in [1.165, 1.54) is 32.1 Å². The Hall–Kier alpha value is -0.120. The number of rotatable bonds is 8. The Balaban J connectivity index is 2.08. The summed E-state index contributed by atoms with van der Waals surface area (Å²) >= 11 is 0. The van der Waals surface area contributed by atoms with Crippen LogP contribution in [0.5, 0.6) is 0 Å². The standard InChI is InChI=1S/C18H36N2O/c1-13(2)16-8-9-17(19-4)18(12-16)20(10-11-21-5)14(3)15-6-7-15/h13-19H,6-12H2,1-5H3. The second kappa shape index (κ2) is 7.94. The molecule has 3 heteroatoms. The van der Waals surface area contributed by atoms with E-state index in [1.54, 1.807) is 0 Å². The van der Waals surface area contributed by atoms with Gasteiger partial charge in [0.1, 0.15) is 0 Å². The lowest BCUT2D eigenvalue weighted by atomic mass is 9.76. The summed E-state index contributed by atoms with van der Waals surface area (Å²) in [6, 6.07) is 2.05. The second-order valence-corrected chi connectivity index (χ2v) is 7.59. The minimum Gasteiger partial charge on any atom is -0.383 e. The number of ether oxygens (including phenoxy) is 1. The molecule has 0 amide bonds. The smallest absolute Gasteiger partial charge is 0.0589 e. The number of hydrogen-bond donors (Lipinski definition) is 1. The second-order valence-electron chi connectivity index (χ2n) is 7.59. The number of methoxy groups -OCH3 is 1. The molecule has 1 N–H and O–H groups in total. The summed E-state index contributed by atoms with van der Waals surface area (Å²) in [6.45, 7) is 9.17. The van der Waals surface area contributed by atoms with Crippen LogP contribution in [0.3, 0.4) is 0 Å². The van der Waals surface area contributed by atoms with E-state index in [0.717, 1.165) is 30.9 Å². The highest BCUT2D eigenvalue weighted by molar-refractivity contribution is 4.96. The van der Waals surface area contributed by atoms with Crippen molar-refractivity contribution in [1.82, 2.24) is 10.2 Å². The van der Waals surface area contributed by atoms with E-state index < -0.39 is 0 Å². The minimum atomic E-state index is 0.651. The summed E-state index contributed by atoms with van der Waals surface area (Å²) in [6.07, 6.45) is 6.91. The van der Waals surface area contributed by atoms with E-state index in [0.29, 0.717) is 18.1 Å². The molecule has 21 heavy (non-hydrogen) atoms.